The highest BCUT2D eigenvalue weighted by Crippen LogP contribution is 2.33. The molecule has 0 saturated carbocycles. The van der Waals surface area contributed by atoms with Crippen molar-refractivity contribution >= 4 is 27.3 Å². The molecule has 0 aliphatic rings. The molecule has 5 nitrogen and oxygen atoms in total. The van der Waals surface area contributed by atoms with Crippen LogP contribution in [0.15, 0.2) is 57.9 Å². The van der Waals surface area contributed by atoms with E-state index in [0.29, 0.717) is 17.0 Å². The monoisotopic (exact) mass is 430 g/mol. The molecule has 0 bridgehead atoms. The van der Waals surface area contributed by atoms with Crippen molar-refractivity contribution in [3.05, 3.63) is 64.9 Å². The van der Waals surface area contributed by atoms with E-state index in [-0.39, 0.29) is 21.8 Å². The van der Waals surface area contributed by atoms with Crippen molar-refractivity contribution in [1.82, 2.24) is 5.16 Å². The Kier molecular flexibility index (Phi) is 5.40. The van der Waals surface area contributed by atoms with Gasteiger partial charge in [0.2, 0.25) is 5.76 Å². The highest BCUT2D eigenvalue weighted by molar-refractivity contribution is 7.92. The van der Waals surface area contributed by atoms with Crippen molar-refractivity contribution in [1.29, 1.82) is 0 Å². The van der Waals surface area contributed by atoms with E-state index in [9.17, 15) is 21.6 Å². The molecular formula is C18H14ClF3N2O3S. The first-order chi connectivity index (χ1) is 13.1. The zero-order valence-electron chi connectivity index (χ0n) is 14.4. The molecule has 0 amide bonds. The van der Waals surface area contributed by atoms with Crippen LogP contribution in [0.5, 0.6) is 0 Å². The highest BCUT2D eigenvalue weighted by atomic mass is 35.5. The second-order valence-electron chi connectivity index (χ2n) is 5.87. The Morgan fingerprint density at radius 2 is 1.89 bits per heavy atom. The number of anilines is 1. The molecule has 10 heteroatoms. The van der Waals surface area contributed by atoms with E-state index in [1.54, 1.807) is 19.1 Å². The molecule has 0 aliphatic heterocycles. The number of benzene rings is 2. The van der Waals surface area contributed by atoms with Crippen LogP contribution in [0.2, 0.25) is 5.02 Å². The van der Waals surface area contributed by atoms with Crippen LogP contribution in [0.3, 0.4) is 0 Å². The number of sulfonamides is 1. The largest absolute Gasteiger partial charge is 0.452 e. The number of nitrogens with zero attached hydrogens (tertiary/aromatic N) is 1. The normalized spacial score (nSPS) is 12.2. The molecule has 0 aliphatic carbocycles. The maximum absolute atomic E-state index is 12.9. The predicted molar refractivity (Wildman–Crippen MR) is 98.6 cm³/mol. The average Bonchev–Trinajstić information content (AvgIpc) is 3.11. The Labute approximate surface area is 164 Å². The number of aromatic nitrogens is 1. The Morgan fingerprint density at radius 1 is 1.14 bits per heavy atom. The molecule has 0 fully saturated rings. The van der Waals surface area contributed by atoms with E-state index in [0.717, 1.165) is 6.07 Å². The van der Waals surface area contributed by atoms with Crippen molar-refractivity contribution in [2.75, 3.05) is 4.72 Å². The van der Waals surface area contributed by atoms with Gasteiger partial charge in [-0.05, 0) is 36.2 Å². The minimum absolute atomic E-state index is 0.0657. The number of nitrogens with one attached hydrogen (secondary N) is 1. The number of aryl methyl sites for hydroxylation is 1. The Morgan fingerprint density at radius 3 is 2.50 bits per heavy atom. The van der Waals surface area contributed by atoms with Gasteiger partial charge in [0.05, 0.1) is 10.6 Å². The zero-order chi connectivity index (χ0) is 20.5. The van der Waals surface area contributed by atoms with Gasteiger partial charge in [-0.2, -0.15) is 13.2 Å². The van der Waals surface area contributed by atoms with Gasteiger partial charge in [0, 0.05) is 16.7 Å². The summed E-state index contributed by atoms with van der Waals surface area (Å²) in [4.78, 5) is -0.0657. The van der Waals surface area contributed by atoms with Crippen LogP contribution in [-0.4, -0.2) is 13.6 Å². The molecule has 0 unspecified atom stereocenters. The lowest BCUT2D eigenvalue weighted by Gasteiger charge is -2.13. The number of rotatable bonds is 5. The van der Waals surface area contributed by atoms with Crippen LogP contribution < -0.4 is 4.72 Å². The van der Waals surface area contributed by atoms with Gasteiger partial charge in [0.1, 0.15) is 5.69 Å². The maximum atomic E-state index is 12.9. The summed E-state index contributed by atoms with van der Waals surface area (Å²) in [7, 11) is -4.01. The summed E-state index contributed by atoms with van der Waals surface area (Å²) in [5.74, 6) is -1.26. The maximum Gasteiger partial charge on any atom is 0.452 e. The van der Waals surface area contributed by atoms with E-state index in [2.05, 4.69) is 14.4 Å². The Balaban J connectivity index is 2.02. The Bertz CT molecular complexity index is 1110. The number of alkyl halides is 3. The molecule has 0 radical (unpaired) electrons. The second kappa shape index (κ2) is 7.48. The molecule has 1 heterocycles. The van der Waals surface area contributed by atoms with Gasteiger partial charge in [-0.15, -0.1) is 0 Å². The molecule has 0 spiro atoms. The number of hydrogen-bond donors (Lipinski definition) is 1. The fourth-order valence-corrected chi connectivity index (χ4v) is 4.14. The van der Waals surface area contributed by atoms with E-state index >= 15 is 0 Å². The van der Waals surface area contributed by atoms with Gasteiger partial charge in [0.15, 0.2) is 0 Å². The summed E-state index contributed by atoms with van der Waals surface area (Å²) >= 11 is 5.88. The summed E-state index contributed by atoms with van der Waals surface area (Å²) in [5, 5.41) is 3.75. The summed E-state index contributed by atoms with van der Waals surface area (Å²) in [6.45, 7) is 1.77. The third-order valence-corrected chi connectivity index (χ3v) is 5.60. The van der Waals surface area contributed by atoms with Crippen molar-refractivity contribution in [2.45, 2.75) is 24.4 Å². The van der Waals surface area contributed by atoms with Gasteiger partial charge in [-0.25, -0.2) is 8.42 Å². The van der Waals surface area contributed by atoms with E-state index in [4.69, 9.17) is 11.6 Å². The lowest BCUT2D eigenvalue weighted by molar-refractivity contribution is -0.155. The van der Waals surface area contributed by atoms with Crippen LogP contribution in [0, 0.1) is 0 Å². The molecular weight excluding hydrogens is 417 g/mol. The van der Waals surface area contributed by atoms with Crippen LogP contribution in [0.4, 0.5) is 18.9 Å². The topological polar surface area (TPSA) is 72.2 Å². The van der Waals surface area contributed by atoms with Crippen molar-refractivity contribution in [3.8, 4) is 11.3 Å². The molecule has 1 N–H and O–H groups in total. The van der Waals surface area contributed by atoms with E-state index in [1.807, 2.05) is 0 Å². The van der Waals surface area contributed by atoms with Crippen LogP contribution in [0.25, 0.3) is 11.3 Å². The lowest BCUT2D eigenvalue weighted by Crippen LogP contribution is -2.15. The van der Waals surface area contributed by atoms with Crippen LogP contribution in [0.1, 0.15) is 18.2 Å². The first-order valence-electron chi connectivity index (χ1n) is 8.06. The Hall–Kier alpha value is -2.52. The highest BCUT2D eigenvalue weighted by Gasteiger charge is 2.36. The zero-order valence-corrected chi connectivity index (χ0v) is 16.0. The average molecular weight is 431 g/mol. The third-order valence-electron chi connectivity index (χ3n) is 3.90. The molecule has 3 rings (SSSR count). The summed E-state index contributed by atoms with van der Waals surface area (Å²) in [6.07, 6.45) is -4.28. The fourth-order valence-electron chi connectivity index (χ4n) is 2.56. The molecule has 1 aromatic heterocycles. The SMILES string of the molecule is CCc1ccc(-c2cc(C(F)(F)F)on2)cc1S(=O)(=O)Nc1cccc(Cl)c1. The van der Waals surface area contributed by atoms with Crippen molar-refractivity contribution in [2.24, 2.45) is 0 Å². The molecule has 0 saturated heterocycles. The summed E-state index contributed by atoms with van der Waals surface area (Å²) in [5.41, 5.74) is 0.829. The minimum Gasteiger partial charge on any atom is -0.351 e. The van der Waals surface area contributed by atoms with Gasteiger partial charge in [-0.3, -0.25) is 4.72 Å². The first kappa shape index (κ1) is 20.2. The van der Waals surface area contributed by atoms with Crippen LogP contribution in [-0.2, 0) is 22.6 Å². The molecule has 28 heavy (non-hydrogen) atoms. The summed E-state index contributed by atoms with van der Waals surface area (Å²) < 4.78 is 70.7. The third kappa shape index (κ3) is 4.31. The minimum atomic E-state index is -4.68. The van der Waals surface area contributed by atoms with Gasteiger partial charge in [-0.1, -0.05) is 41.9 Å². The van der Waals surface area contributed by atoms with E-state index < -0.39 is 22.0 Å². The first-order valence-corrected chi connectivity index (χ1v) is 9.92. The smallest absolute Gasteiger partial charge is 0.351 e. The standard InChI is InChI=1S/C18H14ClF3N2O3S/c1-2-11-6-7-12(15-10-17(27-23-15)18(20,21)22)8-16(11)28(25,26)24-14-5-3-4-13(19)9-14/h3-10,24H,2H2,1H3. The predicted octanol–water partition coefficient (Wildman–Crippen LogP) is 5.38. The molecule has 0 atom stereocenters. The summed E-state index contributed by atoms with van der Waals surface area (Å²) in [6, 6.07) is 11.2. The number of hydrogen-bond acceptors (Lipinski definition) is 4. The molecule has 148 valence electrons. The van der Waals surface area contributed by atoms with Gasteiger partial charge >= 0.3 is 6.18 Å². The van der Waals surface area contributed by atoms with Gasteiger partial charge < -0.3 is 4.52 Å². The van der Waals surface area contributed by atoms with Crippen LogP contribution >= 0.6 is 11.6 Å². The van der Waals surface area contributed by atoms with Crippen molar-refractivity contribution in [3.63, 3.8) is 0 Å². The molecule has 2 aromatic carbocycles. The van der Waals surface area contributed by atoms with Crippen molar-refractivity contribution < 1.29 is 26.1 Å². The van der Waals surface area contributed by atoms with E-state index in [1.165, 1.54) is 30.3 Å². The lowest BCUT2D eigenvalue weighted by atomic mass is 10.1. The fraction of sp³-hybridized carbons (Fsp3) is 0.167. The van der Waals surface area contributed by atoms with Gasteiger partial charge in [0.25, 0.3) is 10.0 Å². The molecule has 3 aromatic rings. The number of halogens is 4. The quantitative estimate of drug-likeness (QED) is 0.590. The second-order valence-corrected chi connectivity index (χ2v) is 7.95.